The molecule has 0 fully saturated rings. The summed E-state index contributed by atoms with van der Waals surface area (Å²) in [5, 5.41) is 7.12. The molecule has 0 atom stereocenters. The zero-order chi connectivity index (χ0) is 19.7. The minimum Gasteiger partial charge on any atom is -0.497 e. The Kier molecular flexibility index (Phi) is 4.26. The number of anilines is 1. The van der Waals surface area contributed by atoms with Gasteiger partial charge in [-0.3, -0.25) is 0 Å². The highest BCUT2D eigenvalue weighted by atomic mass is 19.3. The molecular weight excluding hydrogens is 370 g/mol. The van der Waals surface area contributed by atoms with Gasteiger partial charge in [0.1, 0.15) is 5.75 Å². The van der Waals surface area contributed by atoms with Crippen LogP contribution in [0.25, 0.3) is 23.0 Å². The predicted octanol–water partition coefficient (Wildman–Crippen LogP) is 4.12. The second-order valence-corrected chi connectivity index (χ2v) is 5.81. The summed E-state index contributed by atoms with van der Waals surface area (Å²) in [4.78, 5) is 4.20. The number of aromatic nitrogens is 3. The third kappa shape index (κ3) is 3.07. The van der Waals surface area contributed by atoms with Crippen molar-refractivity contribution < 1.29 is 22.4 Å². The number of hydrogen-bond acceptors (Lipinski definition) is 7. The maximum absolute atomic E-state index is 14.6. The highest BCUT2D eigenvalue weighted by Crippen LogP contribution is 2.37. The van der Waals surface area contributed by atoms with Gasteiger partial charge in [-0.2, -0.15) is 8.78 Å². The Hall–Kier alpha value is -3.75. The zero-order valence-electron chi connectivity index (χ0n) is 14.6. The van der Waals surface area contributed by atoms with Crippen molar-refractivity contribution >= 4 is 5.88 Å². The highest BCUT2D eigenvalue weighted by Gasteiger charge is 2.40. The van der Waals surface area contributed by atoms with E-state index >= 15 is 0 Å². The summed E-state index contributed by atoms with van der Waals surface area (Å²) in [5.74, 6) is -3.85. The van der Waals surface area contributed by atoms with Crippen molar-refractivity contribution in [3.05, 3.63) is 66.1 Å². The van der Waals surface area contributed by atoms with Crippen molar-refractivity contribution in [3.8, 4) is 28.8 Å². The molecule has 2 N–H and O–H groups in total. The van der Waals surface area contributed by atoms with Gasteiger partial charge in [0, 0.05) is 11.1 Å². The van der Waals surface area contributed by atoms with Crippen molar-refractivity contribution in [2.45, 2.75) is 5.92 Å². The van der Waals surface area contributed by atoms with Gasteiger partial charge >= 0.3 is 5.92 Å². The molecule has 0 unspecified atom stereocenters. The first-order chi connectivity index (χ1) is 13.5. The zero-order valence-corrected chi connectivity index (χ0v) is 14.6. The van der Waals surface area contributed by atoms with E-state index in [9.17, 15) is 8.78 Å². The number of ether oxygens (including phenoxy) is 1. The van der Waals surface area contributed by atoms with Crippen LogP contribution in [0.4, 0.5) is 14.7 Å². The van der Waals surface area contributed by atoms with E-state index in [4.69, 9.17) is 19.3 Å². The number of halogens is 2. The van der Waals surface area contributed by atoms with Crippen LogP contribution in [-0.2, 0) is 5.92 Å². The molecule has 0 radical (unpaired) electrons. The number of oxazole rings is 1. The summed E-state index contributed by atoms with van der Waals surface area (Å²) in [6.45, 7) is 0. The van der Waals surface area contributed by atoms with Crippen LogP contribution in [0.3, 0.4) is 0 Å². The molecule has 4 rings (SSSR count). The minimum absolute atomic E-state index is 0.00608. The first kappa shape index (κ1) is 17.7. The SMILES string of the molecule is COc1ccc(-c2nc(-c3nnc(C(F)(F)c4ccccc4)o3)c(N)o2)cc1. The number of methoxy groups -OCH3 is 1. The Morgan fingerprint density at radius 1 is 0.929 bits per heavy atom. The standard InChI is InChI=1S/C19H14F2N4O3/c1-26-13-9-7-11(8-10-13)16-23-14(15(22)27-16)17-24-25-18(28-17)19(20,21)12-5-3-2-4-6-12/h2-10H,22H2,1H3. The van der Waals surface area contributed by atoms with Crippen LogP contribution < -0.4 is 10.5 Å². The third-order valence-electron chi connectivity index (χ3n) is 4.02. The van der Waals surface area contributed by atoms with Gasteiger partial charge in [-0.1, -0.05) is 30.3 Å². The summed E-state index contributed by atoms with van der Waals surface area (Å²) in [6, 6.07) is 14.1. The van der Waals surface area contributed by atoms with Crippen LogP contribution in [0.15, 0.2) is 63.4 Å². The Morgan fingerprint density at radius 2 is 1.64 bits per heavy atom. The molecule has 28 heavy (non-hydrogen) atoms. The smallest absolute Gasteiger partial charge is 0.349 e. The lowest BCUT2D eigenvalue weighted by Gasteiger charge is -2.11. The molecule has 0 aliphatic rings. The highest BCUT2D eigenvalue weighted by molar-refractivity contribution is 5.66. The molecule has 2 heterocycles. The summed E-state index contributed by atoms with van der Waals surface area (Å²) in [7, 11) is 1.55. The fourth-order valence-electron chi connectivity index (χ4n) is 2.56. The molecule has 142 valence electrons. The average Bonchev–Trinajstić information content (AvgIpc) is 3.36. The lowest BCUT2D eigenvalue weighted by Crippen LogP contribution is -2.15. The van der Waals surface area contributed by atoms with Gasteiger partial charge in [0.05, 0.1) is 7.11 Å². The molecular formula is C19H14F2N4O3. The van der Waals surface area contributed by atoms with E-state index < -0.39 is 11.8 Å². The molecule has 0 saturated carbocycles. The van der Waals surface area contributed by atoms with Crippen molar-refractivity contribution in [2.24, 2.45) is 0 Å². The topological polar surface area (TPSA) is 100 Å². The molecule has 2 aromatic carbocycles. The lowest BCUT2D eigenvalue weighted by molar-refractivity contribution is 0.0135. The molecule has 4 aromatic rings. The van der Waals surface area contributed by atoms with Gasteiger partial charge in [-0.15, -0.1) is 10.2 Å². The maximum atomic E-state index is 14.6. The first-order valence-corrected chi connectivity index (χ1v) is 8.17. The van der Waals surface area contributed by atoms with E-state index in [-0.39, 0.29) is 28.9 Å². The second kappa shape index (κ2) is 6.76. The van der Waals surface area contributed by atoms with Crippen LogP contribution in [0.2, 0.25) is 0 Å². The number of alkyl halides is 2. The van der Waals surface area contributed by atoms with Crippen LogP contribution in [0.5, 0.6) is 5.75 Å². The van der Waals surface area contributed by atoms with E-state index in [1.54, 1.807) is 37.4 Å². The molecule has 2 aromatic heterocycles. The molecule has 0 amide bonds. The summed E-state index contributed by atoms with van der Waals surface area (Å²) in [5.41, 5.74) is 6.17. The van der Waals surface area contributed by atoms with Crippen LogP contribution >= 0.6 is 0 Å². The number of nitrogen functional groups attached to an aromatic ring is 1. The van der Waals surface area contributed by atoms with E-state index in [1.807, 2.05) is 0 Å². The second-order valence-electron chi connectivity index (χ2n) is 5.81. The monoisotopic (exact) mass is 384 g/mol. The van der Waals surface area contributed by atoms with Gasteiger partial charge in [-0.25, -0.2) is 4.98 Å². The van der Waals surface area contributed by atoms with Crippen molar-refractivity contribution in [1.82, 2.24) is 15.2 Å². The fourth-order valence-corrected chi connectivity index (χ4v) is 2.56. The quantitative estimate of drug-likeness (QED) is 0.552. The Morgan fingerprint density at radius 3 is 2.32 bits per heavy atom. The van der Waals surface area contributed by atoms with E-state index in [0.717, 1.165) is 0 Å². The summed E-state index contributed by atoms with van der Waals surface area (Å²) >= 11 is 0. The number of rotatable bonds is 5. The molecule has 9 heteroatoms. The van der Waals surface area contributed by atoms with Crippen LogP contribution in [0, 0.1) is 0 Å². The van der Waals surface area contributed by atoms with Crippen molar-refractivity contribution in [2.75, 3.05) is 12.8 Å². The Bertz CT molecular complexity index is 1090. The first-order valence-electron chi connectivity index (χ1n) is 8.17. The number of benzene rings is 2. The number of nitrogens with two attached hydrogens (primary N) is 1. The van der Waals surface area contributed by atoms with Gasteiger partial charge < -0.3 is 19.3 Å². The van der Waals surface area contributed by atoms with Crippen LogP contribution in [-0.4, -0.2) is 22.3 Å². The minimum atomic E-state index is -3.45. The van der Waals surface area contributed by atoms with Gasteiger partial charge in [0.2, 0.25) is 11.8 Å². The van der Waals surface area contributed by atoms with E-state index in [2.05, 4.69) is 15.2 Å². The molecule has 0 aliphatic heterocycles. The summed E-state index contributed by atoms with van der Waals surface area (Å²) < 4.78 is 44.8. The molecule has 0 aliphatic carbocycles. The Labute approximate surface area is 157 Å². The van der Waals surface area contributed by atoms with Crippen LogP contribution in [0.1, 0.15) is 11.5 Å². The lowest BCUT2D eigenvalue weighted by atomic mass is 10.1. The molecule has 0 saturated heterocycles. The summed E-state index contributed by atoms with van der Waals surface area (Å²) in [6.07, 6.45) is 0. The predicted molar refractivity (Wildman–Crippen MR) is 95.6 cm³/mol. The van der Waals surface area contributed by atoms with Gasteiger partial charge in [0.25, 0.3) is 11.8 Å². The van der Waals surface area contributed by atoms with E-state index in [0.29, 0.717) is 11.3 Å². The molecule has 7 nitrogen and oxygen atoms in total. The average molecular weight is 384 g/mol. The van der Waals surface area contributed by atoms with Gasteiger partial charge in [0.15, 0.2) is 5.69 Å². The van der Waals surface area contributed by atoms with E-state index in [1.165, 1.54) is 24.3 Å². The Balaban J connectivity index is 1.66. The number of hydrogen-bond donors (Lipinski definition) is 1. The maximum Gasteiger partial charge on any atom is 0.349 e. The van der Waals surface area contributed by atoms with Crippen molar-refractivity contribution in [3.63, 3.8) is 0 Å². The molecule has 0 bridgehead atoms. The normalized spacial score (nSPS) is 11.5. The molecule has 0 spiro atoms. The third-order valence-corrected chi connectivity index (χ3v) is 4.02. The number of nitrogens with zero attached hydrogens (tertiary/aromatic N) is 3. The van der Waals surface area contributed by atoms with Crippen molar-refractivity contribution in [1.29, 1.82) is 0 Å². The van der Waals surface area contributed by atoms with Gasteiger partial charge in [-0.05, 0) is 24.3 Å². The fraction of sp³-hybridized carbons (Fsp3) is 0.105. The largest absolute Gasteiger partial charge is 0.497 e.